The molecule has 18 heteroatoms. The van der Waals surface area contributed by atoms with Gasteiger partial charge in [-0.15, -0.1) is 0 Å². The Bertz CT molecular complexity index is 1670. The van der Waals surface area contributed by atoms with Crippen LogP contribution >= 0.6 is 0 Å². The molecule has 1 unspecified atom stereocenters. The molecule has 3 heterocycles. The molecule has 3 amide bonds. The van der Waals surface area contributed by atoms with Crippen molar-refractivity contribution >= 4 is 38.9 Å². The summed E-state index contributed by atoms with van der Waals surface area (Å²) in [5, 5.41) is 14.1. The Morgan fingerprint density at radius 2 is 1.64 bits per heavy atom. The van der Waals surface area contributed by atoms with Crippen molar-refractivity contribution in [2.45, 2.75) is 116 Å². The van der Waals surface area contributed by atoms with Crippen molar-refractivity contribution in [2.75, 3.05) is 13.2 Å². The first-order valence-electron chi connectivity index (χ1n) is 15.4. The minimum Gasteiger partial charge on any atom is -0.529 e. The molecule has 4 atom stereocenters. The second-order valence-corrected chi connectivity index (χ2v) is 26.0. The highest BCUT2D eigenvalue weighted by molar-refractivity contribution is 7.90. The fraction of sp³-hybridized carbons (Fsp3) is 0.724. The fourth-order valence-corrected chi connectivity index (χ4v) is 8.40. The standard InChI is InChI=1S/C29H50N4O11SSi2/c1-14-32(26(37)38)24(35)30-19-17-45(39,40)44-29(19)20(16-41-46(10,11)27(3,4)5)42-23(21(29)43-47(12,13)28(6,7)8)33-15-18(2)22(34)31(9)25(33)36/h15,17,20-21,23H,14,16H2,1-13H3,(H,30,35)(H,37,38)/p-1/t20-,21+,23-,29?/m1/s1. The molecule has 0 radical (unpaired) electrons. The smallest absolute Gasteiger partial charge is 0.332 e. The number of carboxylic acid groups (broad SMARTS) is 1. The van der Waals surface area contributed by atoms with Gasteiger partial charge in [0.1, 0.15) is 18.3 Å². The number of nitrogens with one attached hydrogen (secondary N) is 1. The summed E-state index contributed by atoms with van der Waals surface area (Å²) in [4.78, 5) is 51.7. The number of carbonyl (C=O) groups excluding carboxylic acids is 2. The summed E-state index contributed by atoms with van der Waals surface area (Å²) in [6, 6.07) is -1.19. The van der Waals surface area contributed by atoms with Crippen molar-refractivity contribution < 1.29 is 40.9 Å². The Morgan fingerprint density at radius 1 is 1.09 bits per heavy atom. The number of carbonyl (C=O) groups is 2. The van der Waals surface area contributed by atoms with Crippen molar-refractivity contribution in [1.29, 1.82) is 0 Å². The predicted octanol–water partition coefficient (Wildman–Crippen LogP) is 2.48. The molecule has 2 aliphatic rings. The third-order valence-corrected chi connectivity index (χ3v) is 19.8. The number of urea groups is 1. The maximum atomic E-state index is 13.6. The molecule has 1 fully saturated rings. The van der Waals surface area contributed by atoms with Gasteiger partial charge in [0, 0.05) is 25.4 Å². The van der Waals surface area contributed by atoms with Gasteiger partial charge in [0.25, 0.3) is 15.7 Å². The van der Waals surface area contributed by atoms with E-state index in [1.807, 2.05) is 67.7 Å². The summed E-state index contributed by atoms with van der Waals surface area (Å²) in [5.74, 6) is 0. The van der Waals surface area contributed by atoms with E-state index < -0.39 is 79.2 Å². The average Bonchev–Trinajstić information content (AvgIpc) is 3.34. The fourth-order valence-electron chi connectivity index (χ4n) is 4.87. The molecule has 0 saturated carbocycles. The van der Waals surface area contributed by atoms with Crippen molar-refractivity contribution in [3.05, 3.63) is 43.7 Å². The van der Waals surface area contributed by atoms with Crippen molar-refractivity contribution in [3.8, 4) is 0 Å². The molecule has 266 valence electrons. The first-order valence-corrected chi connectivity index (χ1v) is 22.7. The maximum Gasteiger partial charge on any atom is 0.332 e. The van der Waals surface area contributed by atoms with Gasteiger partial charge >= 0.3 is 11.7 Å². The molecule has 1 aromatic rings. The number of aryl methyl sites for hydroxylation is 1. The Labute approximate surface area is 278 Å². The van der Waals surface area contributed by atoms with Gasteiger partial charge in [-0.05, 0) is 50.1 Å². The van der Waals surface area contributed by atoms with E-state index in [9.17, 15) is 32.7 Å². The van der Waals surface area contributed by atoms with Gasteiger partial charge < -0.3 is 28.8 Å². The Hall–Kier alpha value is -2.62. The molecule has 0 aromatic carbocycles. The van der Waals surface area contributed by atoms with Gasteiger partial charge in [-0.1, -0.05) is 41.5 Å². The van der Waals surface area contributed by atoms with Crippen LogP contribution < -0.4 is 21.7 Å². The third kappa shape index (κ3) is 7.23. The van der Waals surface area contributed by atoms with E-state index in [4.69, 9.17) is 17.8 Å². The second kappa shape index (κ2) is 12.7. The van der Waals surface area contributed by atoms with E-state index >= 15 is 0 Å². The summed E-state index contributed by atoms with van der Waals surface area (Å²) < 4.78 is 54.7. The summed E-state index contributed by atoms with van der Waals surface area (Å²) in [5.41, 5.74) is -3.61. The highest BCUT2D eigenvalue weighted by Gasteiger charge is 2.68. The topological polar surface area (TPSA) is 188 Å². The quantitative estimate of drug-likeness (QED) is 0.308. The zero-order chi connectivity index (χ0) is 36.3. The van der Waals surface area contributed by atoms with Gasteiger partial charge in [-0.3, -0.25) is 18.8 Å². The number of amides is 3. The molecule has 1 spiro atoms. The largest absolute Gasteiger partial charge is 0.529 e. The van der Waals surface area contributed by atoms with E-state index in [1.165, 1.54) is 27.1 Å². The molecule has 47 heavy (non-hydrogen) atoms. The SMILES string of the molecule is CCN(C(=O)[O-])C(=O)NC1=CS(=O)(=O)OC12[C@@H](CO[Si](C)(C)C(C)(C)C)O[C@@H](n1cc(C)c(=O)n(C)c1=O)[C@@H]2O[Si](C)(C)C(C)(C)C. The van der Waals surface area contributed by atoms with Crippen LogP contribution in [0.1, 0.15) is 60.3 Å². The van der Waals surface area contributed by atoms with E-state index in [0.29, 0.717) is 10.3 Å². The normalized spacial score (nSPS) is 24.8. The number of nitrogens with zero attached hydrogens (tertiary/aromatic N) is 3. The molecular weight excluding hydrogens is 669 g/mol. The third-order valence-electron chi connectivity index (χ3n) is 9.81. The number of imide groups is 1. The first-order chi connectivity index (χ1) is 21.1. The minimum atomic E-state index is -4.55. The van der Waals surface area contributed by atoms with Crippen LogP contribution in [0.3, 0.4) is 0 Å². The Balaban J connectivity index is 2.39. The number of hydrogen-bond acceptors (Lipinski definition) is 11. The van der Waals surface area contributed by atoms with Crippen molar-refractivity contribution in [3.63, 3.8) is 0 Å². The van der Waals surface area contributed by atoms with E-state index in [-0.39, 0.29) is 29.5 Å². The number of aromatic nitrogens is 2. The van der Waals surface area contributed by atoms with E-state index in [0.717, 1.165) is 9.13 Å². The van der Waals surface area contributed by atoms with Crippen molar-refractivity contribution in [2.24, 2.45) is 7.05 Å². The van der Waals surface area contributed by atoms with Crippen LogP contribution in [0, 0.1) is 6.92 Å². The van der Waals surface area contributed by atoms with Crippen LogP contribution in [0.25, 0.3) is 0 Å². The zero-order valence-electron chi connectivity index (χ0n) is 29.5. The van der Waals surface area contributed by atoms with Crippen LogP contribution in [0.2, 0.25) is 36.3 Å². The summed E-state index contributed by atoms with van der Waals surface area (Å²) in [6.45, 7) is 22.1. The number of hydrogen-bond donors (Lipinski definition) is 1. The Morgan fingerprint density at radius 3 is 2.13 bits per heavy atom. The molecular formula is C29H49N4O11SSi2-. The lowest BCUT2D eigenvalue weighted by Gasteiger charge is -2.44. The van der Waals surface area contributed by atoms with E-state index in [2.05, 4.69) is 5.32 Å². The van der Waals surface area contributed by atoms with Crippen LogP contribution in [-0.4, -0.2) is 82.2 Å². The predicted molar refractivity (Wildman–Crippen MR) is 177 cm³/mol. The molecule has 1 aromatic heterocycles. The minimum absolute atomic E-state index is 0.202. The molecule has 0 aliphatic carbocycles. The molecule has 1 saturated heterocycles. The van der Waals surface area contributed by atoms with Gasteiger partial charge in [-0.25, -0.2) is 13.8 Å². The summed E-state index contributed by atoms with van der Waals surface area (Å²) in [7, 11) is -8.68. The lowest BCUT2D eigenvalue weighted by atomic mass is 9.89. The van der Waals surface area contributed by atoms with Gasteiger partial charge in [0.15, 0.2) is 28.5 Å². The van der Waals surface area contributed by atoms with E-state index in [1.54, 1.807) is 0 Å². The Kier molecular flexibility index (Phi) is 10.5. The first kappa shape index (κ1) is 38.8. The summed E-state index contributed by atoms with van der Waals surface area (Å²) in [6.07, 6.45) is -4.62. The number of rotatable bonds is 8. The molecule has 1 N–H and O–H groups in total. The zero-order valence-corrected chi connectivity index (χ0v) is 32.4. The maximum absolute atomic E-state index is 13.6. The van der Waals surface area contributed by atoms with Crippen LogP contribution in [0.15, 0.2) is 26.9 Å². The van der Waals surface area contributed by atoms with Gasteiger partial charge in [-0.2, -0.15) is 8.42 Å². The average molecular weight is 718 g/mol. The lowest BCUT2D eigenvalue weighted by Crippen LogP contribution is -2.61. The van der Waals surface area contributed by atoms with Crippen LogP contribution in [0.4, 0.5) is 9.59 Å². The second-order valence-electron chi connectivity index (χ2n) is 15.1. The van der Waals surface area contributed by atoms with Crippen LogP contribution in [-0.2, 0) is 34.9 Å². The van der Waals surface area contributed by atoms with Crippen molar-refractivity contribution in [1.82, 2.24) is 19.4 Å². The highest BCUT2D eigenvalue weighted by Crippen LogP contribution is 2.52. The van der Waals surface area contributed by atoms with Gasteiger partial charge in [0.05, 0.1) is 17.7 Å². The van der Waals surface area contributed by atoms with Crippen LogP contribution in [0.5, 0.6) is 0 Å². The highest BCUT2D eigenvalue weighted by atomic mass is 32.2. The number of ether oxygens (including phenoxy) is 1. The molecule has 15 nitrogen and oxygen atoms in total. The van der Waals surface area contributed by atoms with Gasteiger partial charge in [0.2, 0.25) is 0 Å². The molecule has 0 bridgehead atoms. The summed E-state index contributed by atoms with van der Waals surface area (Å²) >= 11 is 0. The monoisotopic (exact) mass is 717 g/mol. The molecule has 2 aliphatic heterocycles. The lowest BCUT2D eigenvalue weighted by molar-refractivity contribution is -0.261. The molecule has 3 rings (SSSR count).